The van der Waals surface area contributed by atoms with E-state index in [0.717, 1.165) is 9.87 Å². The SMILES string of the molecule is CC(C)(C)OC(=O)N[C@@H](Cc1ccccc1)[C@H](O)CN(CCCCC#N)S(=O)(=O)c1ccc(O)cc1. The van der Waals surface area contributed by atoms with Crippen LogP contribution in [0.4, 0.5) is 4.79 Å². The number of amides is 1. The number of hydrogen-bond donors (Lipinski definition) is 3. The fourth-order valence-corrected chi connectivity index (χ4v) is 5.01. The Balaban J connectivity index is 2.29. The first kappa shape index (κ1) is 29.1. The number of aromatic hydroxyl groups is 1. The molecule has 2 atom stereocenters. The molecular weight excluding hydrogens is 482 g/mol. The topological polar surface area (TPSA) is 140 Å². The second-order valence-electron chi connectivity index (χ2n) is 9.48. The van der Waals surface area contributed by atoms with Crippen LogP contribution in [0.2, 0.25) is 0 Å². The number of nitrogens with zero attached hydrogens (tertiary/aromatic N) is 2. The molecule has 2 aromatic carbocycles. The fourth-order valence-electron chi connectivity index (χ4n) is 3.52. The predicted molar refractivity (Wildman–Crippen MR) is 136 cm³/mol. The highest BCUT2D eigenvalue weighted by atomic mass is 32.2. The number of aliphatic hydroxyl groups excluding tert-OH is 1. The van der Waals surface area contributed by atoms with Crippen molar-refractivity contribution in [2.45, 2.75) is 69.1 Å². The minimum atomic E-state index is -4.03. The zero-order valence-corrected chi connectivity index (χ0v) is 21.7. The molecule has 0 aliphatic carbocycles. The molecule has 0 bridgehead atoms. The maximum atomic E-state index is 13.4. The van der Waals surface area contributed by atoms with Gasteiger partial charge in [0.1, 0.15) is 11.4 Å². The molecule has 0 radical (unpaired) electrons. The Morgan fingerprint density at radius 2 is 1.75 bits per heavy atom. The summed E-state index contributed by atoms with van der Waals surface area (Å²) in [6.07, 6.45) is -0.530. The average Bonchev–Trinajstić information content (AvgIpc) is 2.80. The van der Waals surface area contributed by atoms with Gasteiger partial charge in [-0.2, -0.15) is 9.57 Å². The van der Waals surface area contributed by atoms with Crippen LogP contribution in [0.5, 0.6) is 5.75 Å². The third-order valence-electron chi connectivity index (χ3n) is 5.28. The quantitative estimate of drug-likeness (QED) is 0.366. The minimum absolute atomic E-state index is 0.0347. The number of rotatable bonds is 12. The number of phenolic OH excluding ortho intramolecular Hbond substituents is 1. The molecule has 0 aliphatic rings. The maximum absolute atomic E-state index is 13.4. The molecule has 0 saturated heterocycles. The summed E-state index contributed by atoms with van der Waals surface area (Å²) in [5.41, 5.74) is 0.0981. The smallest absolute Gasteiger partial charge is 0.407 e. The fraction of sp³-hybridized carbons (Fsp3) is 0.462. The first-order chi connectivity index (χ1) is 16.9. The van der Waals surface area contributed by atoms with Gasteiger partial charge in [-0.1, -0.05) is 30.3 Å². The summed E-state index contributed by atoms with van der Waals surface area (Å²) >= 11 is 0. The lowest BCUT2D eigenvalue weighted by Crippen LogP contribution is -2.51. The van der Waals surface area contributed by atoms with Crippen molar-refractivity contribution in [2.75, 3.05) is 13.1 Å². The number of phenols is 1. The van der Waals surface area contributed by atoms with Gasteiger partial charge >= 0.3 is 6.09 Å². The minimum Gasteiger partial charge on any atom is -0.508 e. The zero-order chi connectivity index (χ0) is 26.8. The van der Waals surface area contributed by atoms with E-state index in [9.17, 15) is 23.4 Å². The van der Waals surface area contributed by atoms with E-state index in [2.05, 4.69) is 5.32 Å². The normalized spacial score (nSPS) is 13.6. The van der Waals surface area contributed by atoms with Gasteiger partial charge in [-0.05, 0) is 69.9 Å². The van der Waals surface area contributed by atoms with Crippen LogP contribution in [-0.4, -0.2) is 59.9 Å². The van der Waals surface area contributed by atoms with E-state index in [1.165, 1.54) is 24.3 Å². The molecule has 10 heteroatoms. The molecule has 0 aliphatic heterocycles. The summed E-state index contributed by atoms with van der Waals surface area (Å²) in [5, 5.41) is 32.2. The largest absolute Gasteiger partial charge is 0.508 e. The van der Waals surface area contributed by atoms with Crippen LogP contribution in [0.15, 0.2) is 59.5 Å². The van der Waals surface area contributed by atoms with Crippen molar-refractivity contribution < 1.29 is 28.2 Å². The van der Waals surface area contributed by atoms with Crippen molar-refractivity contribution in [3.63, 3.8) is 0 Å². The number of nitrogens with one attached hydrogen (secondary N) is 1. The summed E-state index contributed by atoms with van der Waals surface area (Å²) in [4.78, 5) is 12.5. The van der Waals surface area contributed by atoms with E-state index in [1.54, 1.807) is 20.8 Å². The molecule has 196 valence electrons. The molecule has 2 rings (SSSR count). The predicted octanol–water partition coefficient (Wildman–Crippen LogP) is 3.57. The first-order valence-electron chi connectivity index (χ1n) is 11.8. The number of aliphatic hydroxyl groups is 1. The molecule has 36 heavy (non-hydrogen) atoms. The van der Waals surface area contributed by atoms with E-state index in [0.29, 0.717) is 12.8 Å². The van der Waals surface area contributed by atoms with Crippen LogP contribution in [-0.2, 0) is 21.2 Å². The Labute approximate surface area is 213 Å². The number of unbranched alkanes of at least 4 members (excludes halogenated alkanes) is 2. The van der Waals surface area contributed by atoms with Gasteiger partial charge in [0.05, 0.1) is 23.1 Å². The first-order valence-corrected chi connectivity index (χ1v) is 13.2. The van der Waals surface area contributed by atoms with Crippen LogP contribution in [0.3, 0.4) is 0 Å². The monoisotopic (exact) mass is 517 g/mol. The molecule has 3 N–H and O–H groups in total. The van der Waals surface area contributed by atoms with Crippen LogP contribution in [0, 0.1) is 11.3 Å². The number of ether oxygens (including phenoxy) is 1. The van der Waals surface area contributed by atoms with Crippen molar-refractivity contribution in [3.8, 4) is 11.8 Å². The molecule has 1 amide bonds. The highest BCUT2D eigenvalue weighted by molar-refractivity contribution is 7.89. The number of benzene rings is 2. The molecule has 9 nitrogen and oxygen atoms in total. The summed E-state index contributed by atoms with van der Waals surface area (Å²) in [6, 6.07) is 15.6. The molecule has 2 aromatic rings. The van der Waals surface area contributed by atoms with Crippen LogP contribution < -0.4 is 5.32 Å². The standard InChI is InChI=1S/C26H35N3O6S/c1-26(2,3)35-25(32)28-23(18-20-10-6-4-7-11-20)24(31)19-29(17-9-5-8-16-27)36(33,34)22-14-12-21(30)13-15-22/h4,6-7,10-15,23-24,30-31H,5,8-9,17-19H2,1-3H3,(H,28,32)/t23-,24+/m0/s1. The van der Waals surface area contributed by atoms with Crippen molar-refractivity contribution in [3.05, 3.63) is 60.2 Å². The van der Waals surface area contributed by atoms with Gasteiger partial charge < -0.3 is 20.3 Å². The highest BCUT2D eigenvalue weighted by Crippen LogP contribution is 2.21. The Kier molecular flexibility index (Phi) is 10.7. The number of sulfonamides is 1. The Bertz CT molecular complexity index is 1110. The number of alkyl carbamates (subject to hydrolysis) is 1. The Hall–Kier alpha value is -3.13. The van der Waals surface area contributed by atoms with Crippen LogP contribution in [0.25, 0.3) is 0 Å². The van der Waals surface area contributed by atoms with Gasteiger partial charge in [0.25, 0.3) is 0 Å². The van der Waals surface area contributed by atoms with E-state index < -0.39 is 33.9 Å². The number of nitriles is 1. The second-order valence-corrected chi connectivity index (χ2v) is 11.4. The second kappa shape index (κ2) is 13.3. The van der Waals surface area contributed by atoms with Crippen molar-refractivity contribution in [1.29, 1.82) is 5.26 Å². The lowest BCUT2D eigenvalue weighted by atomic mass is 10.0. The van der Waals surface area contributed by atoms with Crippen LogP contribution >= 0.6 is 0 Å². The summed E-state index contributed by atoms with van der Waals surface area (Å²) in [5.74, 6) is -0.0703. The molecule has 0 spiro atoms. The third kappa shape index (κ3) is 9.49. The maximum Gasteiger partial charge on any atom is 0.407 e. The van der Waals surface area contributed by atoms with E-state index >= 15 is 0 Å². The Morgan fingerprint density at radius 1 is 1.11 bits per heavy atom. The third-order valence-corrected chi connectivity index (χ3v) is 7.16. The average molecular weight is 518 g/mol. The van der Waals surface area contributed by atoms with Crippen molar-refractivity contribution in [2.24, 2.45) is 0 Å². The lowest BCUT2D eigenvalue weighted by Gasteiger charge is -2.30. The van der Waals surface area contributed by atoms with Crippen LogP contribution in [0.1, 0.15) is 45.6 Å². The van der Waals surface area contributed by atoms with Crippen molar-refractivity contribution >= 4 is 16.1 Å². The summed E-state index contributed by atoms with van der Waals surface area (Å²) < 4.78 is 33.3. The van der Waals surface area contributed by atoms with Gasteiger partial charge in [-0.25, -0.2) is 13.2 Å². The molecular formula is C26H35N3O6S. The van der Waals surface area contributed by atoms with Gasteiger partial charge in [-0.15, -0.1) is 0 Å². The number of carbonyl (C=O) groups excluding carboxylic acids is 1. The number of hydrogen-bond acceptors (Lipinski definition) is 7. The van der Waals surface area contributed by atoms with Gasteiger partial charge in [0.15, 0.2) is 0 Å². The van der Waals surface area contributed by atoms with Crippen molar-refractivity contribution in [1.82, 2.24) is 9.62 Å². The molecule has 0 heterocycles. The van der Waals surface area contributed by atoms with E-state index in [-0.39, 0.29) is 36.6 Å². The van der Waals surface area contributed by atoms with Gasteiger partial charge in [0.2, 0.25) is 10.0 Å². The van der Waals surface area contributed by atoms with E-state index in [4.69, 9.17) is 10.00 Å². The zero-order valence-electron chi connectivity index (χ0n) is 20.9. The molecule has 0 saturated carbocycles. The molecule has 0 aromatic heterocycles. The summed E-state index contributed by atoms with van der Waals surface area (Å²) in [6.45, 7) is 4.96. The molecule has 0 unspecified atom stereocenters. The van der Waals surface area contributed by atoms with Gasteiger partial charge in [0, 0.05) is 19.5 Å². The molecule has 0 fully saturated rings. The highest BCUT2D eigenvalue weighted by Gasteiger charge is 2.31. The van der Waals surface area contributed by atoms with Gasteiger partial charge in [-0.3, -0.25) is 0 Å². The lowest BCUT2D eigenvalue weighted by molar-refractivity contribution is 0.0402. The summed E-state index contributed by atoms with van der Waals surface area (Å²) in [7, 11) is -4.03. The van der Waals surface area contributed by atoms with E-state index in [1.807, 2.05) is 36.4 Å². The number of carbonyl (C=O) groups is 1. The Morgan fingerprint density at radius 3 is 2.33 bits per heavy atom.